The van der Waals surface area contributed by atoms with Crippen LogP contribution in [0.2, 0.25) is 0 Å². The van der Waals surface area contributed by atoms with Crippen molar-refractivity contribution in [3.05, 3.63) is 46.4 Å². The molecule has 0 aliphatic carbocycles. The summed E-state index contributed by atoms with van der Waals surface area (Å²) in [6.45, 7) is 1.44. The van der Waals surface area contributed by atoms with Crippen LogP contribution >= 0.6 is 39.7 Å². The minimum absolute atomic E-state index is 0. The predicted octanol–water partition coefficient (Wildman–Crippen LogP) is 5.10. The summed E-state index contributed by atoms with van der Waals surface area (Å²) in [5, 5.41) is 0.631. The highest BCUT2D eigenvalue weighted by atomic mass is 79.9. The Bertz CT molecular complexity index is 971. The molecular weight excluding hydrogens is 490 g/mol. The largest absolute Gasteiger partial charge is 0.495 e. The van der Waals surface area contributed by atoms with E-state index in [1.54, 1.807) is 19.1 Å². The third kappa shape index (κ3) is 5.43. The molecule has 0 saturated carbocycles. The monoisotopic (exact) mass is 513 g/mol. The first-order valence-electron chi connectivity index (χ1n) is 9.18. The van der Waals surface area contributed by atoms with Gasteiger partial charge in [-0.05, 0) is 57.4 Å². The van der Waals surface area contributed by atoms with Gasteiger partial charge in [0.15, 0.2) is 5.13 Å². The molecule has 3 aromatic rings. The first kappa shape index (κ1) is 24.4. The highest BCUT2D eigenvalue weighted by Gasteiger charge is 2.23. The summed E-state index contributed by atoms with van der Waals surface area (Å²) < 4.78 is 12.7. The summed E-state index contributed by atoms with van der Waals surface area (Å²) in [5.41, 5.74) is 1.31. The Morgan fingerprint density at radius 2 is 1.80 bits per heavy atom. The summed E-state index contributed by atoms with van der Waals surface area (Å²) in [5.74, 6) is 1.29. The van der Waals surface area contributed by atoms with Crippen molar-refractivity contribution in [1.29, 1.82) is 0 Å². The molecule has 3 rings (SSSR count). The lowest BCUT2D eigenvalue weighted by atomic mass is 10.2. The van der Waals surface area contributed by atoms with Gasteiger partial charge in [0, 0.05) is 16.6 Å². The molecule has 1 amide bonds. The van der Waals surface area contributed by atoms with Crippen LogP contribution in [0.1, 0.15) is 16.8 Å². The summed E-state index contributed by atoms with van der Waals surface area (Å²) in [6, 6.07) is 11.1. The highest BCUT2D eigenvalue weighted by molar-refractivity contribution is 9.10. The van der Waals surface area contributed by atoms with E-state index in [0.717, 1.165) is 22.1 Å². The van der Waals surface area contributed by atoms with E-state index in [1.807, 2.05) is 50.5 Å². The number of amides is 1. The lowest BCUT2D eigenvalue weighted by molar-refractivity contribution is 0.0986. The van der Waals surface area contributed by atoms with E-state index in [2.05, 4.69) is 20.8 Å². The van der Waals surface area contributed by atoms with E-state index in [-0.39, 0.29) is 18.3 Å². The fourth-order valence-corrected chi connectivity index (χ4v) is 4.49. The maximum atomic E-state index is 13.4. The molecule has 0 spiro atoms. The molecule has 2 aromatic carbocycles. The van der Waals surface area contributed by atoms with Gasteiger partial charge in [0.25, 0.3) is 5.91 Å². The molecule has 1 aromatic heterocycles. The van der Waals surface area contributed by atoms with Crippen LogP contribution in [-0.4, -0.2) is 57.2 Å². The zero-order valence-electron chi connectivity index (χ0n) is 17.3. The lowest BCUT2D eigenvalue weighted by Crippen LogP contribution is -2.33. The van der Waals surface area contributed by atoms with E-state index in [9.17, 15) is 4.79 Å². The van der Waals surface area contributed by atoms with Crippen LogP contribution < -0.4 is 14.4 Å². The van der Waals surface area contributed by atoms with E-state index >= 15 is 0 Å². The van der Waals surface area contributed by atoms with Crippen LogP contribution in [0.25, 0.3) is 10.2 Å². The lowest BCUT2D eigenvalue weighted by Gasteiger charge is -2.21. The number of methoxy groups -OCH3 is 2. The Kier molecular flexibility index (Phi) is 8.91. The molecule has 162 valence electrons. The van der Waals surface area contributed by atoms with Gasteiger partial charge in [-0.15, -0.1) is 12.4 Å². The molecule has 0 radical (unpaired) electrons. The summed E-state index contributed by atoms with van der Waals surface area (Å²) in [4.78, 5) is 22.0. The van der Waals surface area contributed by atoms with Crippen molar-refractivity contribution in [1.82, 2.24) is 9.88 Å². The van der Waals surface area contributed by atoms with E-state index in [1.165, 1.54) is 11.3 Å². The Hall–Kier alpha value is -1.87. The second-order valence-corrected chi connectivity index (χ2v) is 8.66. The second kappa shape index (κ2) is 10.9. The molecule has 0 fully saturated rings. The minimum atomic E-state index is -0.0814. The number of ether oxygens (including phenoxy) is 2. The van der Waals surface area contributed by atoms with Crippen molar-refractivity contribution in [2.45, 2.75) is 6.42 Å². The first-order valence-corrected chi connectivity index (χ1v) is 10.8. The van der Waals surface area contributed by atoms with Gasteiger partial charge < -0.3 is 14.4 Å². The number of anilines is 1. The first-order chi connectivity index (χ1) is 13.9. The Morgan fingerprint density at radius 3 is 2.43 bits per heavy atom. The number of thiazole rings is 1. The van der Waals surface area contributed by atoms with E-state index in [4.69, 9.17) is 14.5 Å². The van der Waals surface area contributed by atoms with Crippen LogP contribution in [0.5, 0.6) is 11.5 Å². The molecule has 30 heavy (non-hydrogen) atoms. The van der Waals surface area contributed by atoms with Crippen LogP contribution in [0.15, 0.2) is 40.9 Å². The normalized spacial score (nSPS) is 10.7. The zero-order chi connectivity index (χ0) is 21.0. The van der Waals surface area contributed by atoms with Crippen LogP contribution in [0.3, 0.4) is 0 Å². The fraction of sp³-hybridized carbons (Fsp3) is 0.333. The molecule has 0 N–H and O–H groups in total. The highest BCUT2D eigenvalue weighted by Crippen LogP contribution is 2.40. The van der Waals surface area contributed by atoms with Gasteiger partial charge in [0.1, 0.15) is 21.7 Å². The van der Waals surface area contributed by atoms with Gasteiger partial charge in [-0.3, -0.25) is 9.69 Å². The molecule has 6 nitrogen and oxygen atoms in total. The predicted molar refractivity (Wildman–Crippen MR) is 129 cm³/mol. The van der Waals surface area contributed by atoms with Gasteiger partial charge in [-0.1, -0.05) is 33.3 Å². The molecule has 0 bridgehead atoms. The zero-order valence-corrected chi connectivity index (χ0v) is 20.6. The topological polar surface area (TPSA) is 54.9 Å². The van der Waals surface area contributed by atoms with Gasteiger partial charge in [-0.2, -0.15) is 0 Å². The molecule has 0 unspecified atom stereocenters. The number of halogens is 2. The van der Waals surface area contributed by atoms with Crippen molar-refractivity contribution >= 4 is 60.9 Å². The molecule has 0 aliphatic heterocycles. The number of carbonyl (C=O) groups excluding carboxylic acids is 1. The minimum Gasteiger partial charge on any atom is -0.495 e. The van der Waals surface area contributed by atoms with Gasteiger partial charge in [0.05, 0.1) is 14.2 Å². The number of hydrogen-bond acceptors (Lipinski definition) is 6. The van der Waals surface area contributed by atoms with Crippen molar-refractivity contribution in [2.24, 2.45) is 0 Å². The third-order valence-electron chi connectivity index (χ3n) is 4.43. The van der Waals surface area contributed by atoms with Crippen molar-refractivity contribution in [3.8, 4) is 11.5 Å². The molecule has 0 aliphatic rings. The maximum Gasteiger partial charge on any atom is 0.260 e. The summed E-state index contributed by atoms with van der Waals surface area (Å²) in [6.07, 6.45) is 0.830. The average molecular weight is 515 g/mol. The molecule has 9 heteroatoms. The Morgan fingerprint density at radius 1 is 1.10 bits per heavy atom. The fourth-order valence-electron chi connectivity index (χ4n) is 3.00. The Labute approximate surface area is 195 Å². The number of fused-ring (bicyclic) bond motifs is 1. The van der Waals surface area contributed by atoms with Crippen molar-refractivity contribution in [2.75, 3.05) is 46.3 Å². The second-order valence-electron chi connectivity index (χ2n) is 6.77. The molecule has 0 saturated heterocycles. The van der Waals surface area contributed by atoms with Crippen molar-refractivity contribution < 1.29 is 14.3 Å². The molecular formula is C21H25BrClN3O3S. The number of aromatic nitrogens is 1. The number of hydrogen-bond donors (Lipinski definition) is 0. The number of rotatable bonds is 8. The number of nitrogens with zero attached hydrogens (tertiary/aromatic N) is 3. The van der Waals surface area contributed by atoms with E-state index in [0.29, 0.717) is 34.3 Å². The molecule has 1 heterocycles. The average Bonchev–Trinajstić information content (AvgIpc) is 3.14. The van der Waals surface area contributed by atoms with Crippen LogP contribution in [-0.2, 0) is 0 Å². The number of carbonyl (C=O) groups is 1. The smallest absolute Gasteiger partial charge is 0.260 e. The molecule has 0 atom stereocenters. The quantitative estimate of drug-likeness (QED) is 0.419. The third-order valence-corrected chi connectivity index (χ3v) is 6.02. The van der Waals surface area contributed by atoms with Crippen LogP contribution in [0.4, 0.5) is 5.13 Å². The SMILES string of the molecule is COc1ccc(OC)c2sc(N(CCCN(C)C)C(=O)c3cccc(Br)c3)nc12.Cl. The van der Waals surface area contributed by atoms with Gasteiger partial charge in [0.2, 0.25) is 0 Å². The standard InChI is InChI=1S/C21H24BrN3O3S.ClH/c1-24(2)11-6-12-25(20(26)14-7-5-8-15(22)13-14)21-23-18-16(27-3)9-10-17(28-4)19(18)29-21;/h5,7-10,13H,6,11-12H2,1-4H3;1H. The van der Waals surface area contributed by atoms with Crippen molar-refractivity contribution in [3.63, 3.8) is 0 Å². The van der Waals surface area contributed by atoms with Gasteiger partial charge in [-0.25, -0.2) is 4.98 Å². The summed E-state index contributed by atoms with van der Waals surface area (Å²) >= 11 is 4.89. The summed E-state index contributed by atoms with van der Waals surface area (Å²) in [7, 11) is 7.28. The van der Waals surface area contributed by atoms with E-state index < -0.39 is 0 Å². The number of benzene rings is 2. The Balaban J connectivity index is 0.00000320. The van der Waals surface area contributed by atoms with Crippen LogP contribution in [0, 0.1) is 0 Å². The maximum absolute atomic E-state index is 13.4. The van der Waals surface area contributed by atoms with Gasteiger partial charge >= 0.3 is 0 Å².